The number of likely N-dealkylation sites (tertiary alicyclic amines) is 1. The molecule has 0 bridgehead atoms. The normalized spacial score (nSPS) is 24.9. The molecule has 2 nitrogen and oxygen atoms in total. The summed E-state index contributed by atoms with van der Waals surface area (Å²) in [4.78, 5) is 2.53. The number of hydrogen-bond acceptors (Lipinski definition) is 2. The zero-order valence-corrected chi connectivity index (χ0v) is 12.6. The van der Waals surface area contributed by atoms with Crippen LogP contribution in [0.25, 0.3) is 0 Å². The van der Waals surface area contributed by atoms with Crippen molar-refractivity contribution in [2.75, 3.05) is 25.5 Å². The minimum atomic E-state index is 0.619. The van der Waals surface area contributed by atoms with Crippen molar-refractivity contribution in [1.29, 1.82) is 0 Å². The van der Waals surface area contributed by atoms with Crippen molar-refractivity contribution in [3.63, 3.8) is 0 Å². The lowest BCUT2D eigenvalue weighted by molar-refractivity contribution is 0.174. The van der Waals surface area contributed by atoms with Crippen LogP contribution in [0.4, 0.5) is 0 Å². The van der Waals surface area contributed by atoms with E-state index in [1.165, 1.54) is 32.2 Å². The molecule has 0 aromatic rings. The first kappa shape index (κ1) is 14.5. The minimum Gasteiger partial charge on any atom is -0.313 e. The maximum atomic E-state index is 3.66. The van der Waals surface area contributed by atoms with Crippen molar-refractivity contribution in [2.24, 2.45) is 5.92 Å². The van der Waals surface area contributed by atoms with Crippen molar-refractivity contribution in [3.8, 4) is 0 Å². The molecule has 0 radical (unpaired) electrons. The Morgan fingerprint density at radius 3 is 2.69 bits per heavy atom. The van der Waals surface area contributed by atoms with Gasteiger partial charge in [-0.05, 0) is 45.3 Å². The number of halogens is 1. The summed E-state index contributed by atoms with van der Waals surface area (Å²) in [6.45, 7) is 7.01. The second-order valence-electron chi connectivity index (χ2n) is 5.38. The van der Waals surface area contributed by atoms with Gasteiger partial charge in [0, 0.05) is 17.4 Å². The molecule has 1 aliphatic heterocycles. The van der Waals surface area contributed by atoms with Crippen molar-refractivity contribution in [2.45, 2.75) is 51.6 Å². The molecule has 0 saturated carbocycles. The van der Waals surface area contributed by atoms with Gasteiger partial charge >= 0.3 is 0 Å². The lowest BCUT2D eigenvalue weighted by atomic mass is 9.99. The Kier molecular flexibility index (Phi) is 6.94. The van der Waals surface area contributed by atoms with Crippen molar-refractivity contribution < 1.29 is 0 Å². The fourth-order valence-electron chi connectivity index (χ4n) is 2.41. The molecule has 0 aromatic carbocycles. The summed E-state index contributed by atoms with van der Waals surface area (Å²) in [6, 6.07) is 1.43. The summed E-state index contributed by atoms with van der Waals surface area (Å²) >= 11 is 3.58. The summed E-state index contributed by atoms with van der Waals surface area (Å²) < 4.78 is 0. The molecule has 1 N–H and O–H groups in total. The average molecular weight is 291 g/mol. The Hall–Kier alpha value is 0.400. The summed E-state index contributed by atoms with van der Waals surface area (Å²) in [7, 11) is 2.27. The zero-order valence-electron chi connectivity index (χ0n) is 11.0. The van der Waals surface area contributed by atoms with E-state index in [1.54, 1.807) is 0 Å². The van der Waals surface area contributed by atoms with Crippen molar-refractivity contribution in [3.05, 3.63) is 0 Å². The molecule has 16 heavy (non-hydrogen) atoms. The maximum absolute atomic E-state index is 3.66. The van der Waals surface area contributed by atoms with Crippen LogP contribution in [0.2, 0.25) is 0 Å². The second kappa shape index (κ2) is 7.67. The SMILES string of the molecule is CC(C)C(CBr)NCCC1CCCCN1C. The first-order valence-corrected chi connectivity index (χ1v) is 7.77. The van der Waals surface area contributed by atoms with Crippen LogP contribution < -0.4 is 5.32 Å². The van der Waals surface area contributed by atoms with E-state index >= 15 is 0 Å². The van der Waals surface area contributed by atoms with Crippen molar-refractivity contribution in [1.82, 2.24) is 10.2 Å². The molecule has 96 valence electrons. The van der Waals surface area contributed by atoms with Gasteiger partial charge in [0.1, 0.15) is 0 Å². The quantitative estimate of drug-likeness (QED) is 0.757. The zero-order chi connectivity index (χ0) is 12.0. The first-order valence-electron chi connectivity index (χ1n) is 6.64. The number of nitrogens with one attached hydrogen (secondary N) is 1. The average Bonchev–Trinajstić information content (AvgIpc) is 2.26. The lowest BCUT2D eigenvalue weighted by Gasteiger charge is -2.33. The highest BCUT2D eigenvalue weighted by Crippen LogP contribution is 2.17. The summed E-state index contributed by atoms with van der Waals surface area (Å²) in [5, 5.41) is 4.72. The highest BCUT2D eigenvalue weighted by atomic mass is 79.9. The molecule has 1 saturated heterocycles. The number of rotatable bonds is 6. The Morgan fingerprint density at radius 1 is 1.38 bits per heavy atom. The Bertz CT molecular complexity index is 185. The van der Waals surface area contributed by atoms with Crippen LogP contribution in [0.5, 0.6) is 0 Å². The highest BCUT2D eigenvalue weighted by molar-refractivity contribution is 9.09. The minimum absolute atomic E-state index is 0.619. The molecular weight excluding hydrogens is 264 g/mol. The molecular formula is C13H27BrN2. The van der Waals surface area contributed by atoms with E-state index in [2.05, 4.69) is 47.0 Å². The van der Waals surface area contributed by atoms with E-state index in [1.807, 2.05) is 0 Å². The molecule has 0 aliphatic carbocycles. The van der Waals surface area contributed by atoms with Gasteiger partial charge in [-0.2, -0.15) is 0 Å². The third-order valence-electron chi connectivity index (χ3n) is 3.78. The summed E-state index contributed by atoms with van der Waals surface area (Å²) in [5.41, 5.74) is 0. The van der Waals surface area contributed by atoms with Gasteiger partial charge < -0.3 is 10.2 Å². The number of nitrogens with zero attached hydrogens (tertiary/aromatic N) is 1. The fourth-order valence-corrected chi connectivity index (χ4v) is 3.39. The van der Waals surface area contributed by atoms with Gasteiger partial charge in [-0.1, -0.05) is 36.2 Å². The van der Waals surface area contributed by atoms with Crippen LogP contribution >= 0.6 is 15.9 Å². The second-order valence-corrected chi connectivity index (χ2v) is 6.03. The maximum Gasteiger partial charge on any atom is 0.0188 e. The monoisotopic (exact) mass is 290 g/mol. The van der Waals surface area contributed by atoms with Crippen LogP contribution in [0, 0.1) is 5.92 Å². The topological polar surface area (TPSA) is 15.3 Å². The van der Waals surface area contributed by atoms with Gasteiger partial charge in [0.15, 0.2) is 0 Å². The molecule has 0 amide bonds. The van der Waals surface area contributed by atoms with E-state index < -0.39 is 0 Å². The molecule has 1 heterocycles. The van der Waals surface area contributed by atoms with Crippen LogP contribution in [0.3, 0.4) is 0 Å². The summed E-state index contributed by atoms with van der Waals surface area (Å²) in [6.07, 6.45) is 5.49. The highest BCUT2D eigenvalue weighted by Gasteiger charge is 2.19. The van der Waals surface area contributed by atoms with Crippen molar-refractivity contribution >= 4 is 15.9 Å². The number of piperidine rings is 1. The Balaban J connectivity index is 2.18. The van der Waals surface area contributed by atoms with E-state index in [0.717, 1.165) is 17.9 Å². The van der Waals surface area contributed by atoms with E-state index in [-0.39, 0.29) is 0 Å². The fraction of sp³-hybridized carbons (Fsp3) is 1.00. The Morgan fingerprint density at radius 2 is 2.12 bits per heavy atom. The van der Waals surface area contributed by atoms with Gasteiger partial charge in [0.25, 0.3) is 0 Å². The van der Waals surface area contributed by atoms with Crippen LogP contribution in [0.15, 0.2) is 0 Å². The molecule has 2 atom stereocenters. The van der Waals surface area contributed by atoms with Gasteiger partial charge in [0.2, 0.25) is 0 Å². The molecule has 1 rings (SSSR count). The van der Waals surface area contributed by atoms with Gasteiger partial charge in [-0.15, -0.1) is 0 Å². The Labute approximate surface area is 109 Å². The van der Waals surface area contributed by atoms with Crippen LogP contribution in [-0.2, 0) is 0 Å². The van der Waals surface area contributed by atoms with Crippen LogP contribution in [-0.4, -0.2) is 42.5 Å². The van der Waals surface area contributed by atoms with Crippen LogP contribution in [0.1, 0.15) is 39.5 Å². The van der Waals surface area contributed by atoms with Gasteiger partial charge in [-0.3, -0.25) is 0 Å². The first-order chi connectivity index (χ1) is 7.65. The number of hydrogen-bond donors (Lipinski definition) is 1. The molecule has 1 fully saturated rings. The molecule has 2 unspecified atom stereocenters. The molecule has 0 aromatic heterocycles. The number of alkyl halides is 1. The third-order valence-corrected chi connectivity index (χ3v) is 4.47. The van der Waals surface area contributed by atoms with E-state index in [4.69, 9.17) is 0 Å². The van der Waals surface area contributed by atoms with E-state index in [9.17, 15) is 0 Å². The molecule has 1 aliphatic rings. The predicted octanol–water partition coefficient (Wildman–Crippen LogP) is 2.87. The third kappa shape index (κ3) is 4.72. The molecule has 3 heteroatoms. The predicted molar refractivity (Wildman–Crippen MR) is 75.3 cm³/mol. The lowest BCUT2D eigenvalue weighted by Crippen LogP contribution is -2.41. The smallest absolute Gasteiger partial charge is 0.0188 e. The largest absolute Gasteiger partial charge is 0.313 e. The standard InChI is InChI=1S/C13H27BrN2/c1-11(2)13(10-14)15-8-7-12-6-4-5-9-16(12)3/h11-13,15H,4-10H2,1-3H3. The van der Waals surface area contributed by atoms with E-state index in [0.29, 0.717) is 12.0 Å². The van der Waals surface area contributed by atoms with Gasteiger partial charge in [0.05, 0.1) is 0 Å². The summed E-state index contributed by atoms with van der Waals surface area (Å²) in [5.74, 6) is 0.712. The molecule has 0 spiro atoms. The van der Waals surface area contributed by atoms with Gasteiger partial charge in [-0.25, -0.2) is 0 Å².